The second-order valence-corrected chi connectivity index (χ2v) is 8.63. The zero-order valence-electron chi connectivity index (χ0n) is 16.8. The highest BCUT2D eigenvalue weighted by molar-refractivity contribution is 7.88. The van der Waals surface area contributed by atoms with Crippen LogP contribution < -0.4 is 10.0 Å². The Morgan fingerprint density at radius 2 is 1.74 bits per heavy atom. The van der Waals surface area contributed by atoms with Crippen LogP contribution in [0.2, 0.25) is 0 Å². The van der Waals surface area contributed by atoms with Gasteiger partial charge in [0.05, 0.1) is 17.0 Å². The van der Waals surface area contributed by atoms with Crippen molar-refractivity contribution in [3.05, 3.63) is 65.5 Å². The summed E-state index contributed by atoms with van der Waals surface area (Å²) in [5.41, 5.74) is 1.27. The minimum absolute atomic E-state index is 0.0749. The molecule has 3 rings (SSSR count). The van der Waals surface area contributed by atoms with Crippen molar-refractivity contribution in [1.29, 1.82) is 0 Å². The van der Waals surface area contributed by atoms with Gasteiger partial charge in [-0.15, -0.1) is 0 Å². The summed E-state index contributed by atoms with van der Waals surface area (Å²) in [6.45, 7) is 4.14. The molecule has 2 heterocycles. The number of anilines is 1. The molecule has 0 fully saturated rings. The van der Waals surface area contributed by atoms with Crippen molar-refractivity contribution in [3.63, 3.8) is 0 Å². The van der Waals surface area contributed by atoms with E-state index in [0.717, 1.165) is 35.7 Å². The first-order chi connectivity index (χ1) is 14.5. The van der Waals surface area contributed by atoms with E-state index in [9.17, 15) is 21.6 Å². The van der Waals surface area contributed by atoms with E-state index in [1.54, 1.807) is 12.4 Å². The van der Waals surface area contributed by atoms with Crippen molar-refractivity contribution in [2.24, 2.45) is 0 Å². The van der Waals surface area contributed by atoms with Crippen LogP contribution in [0.4, 0.5) is 19.0 Å². The van der Waals surface area contributed by atoms with Gasteiger partial charge in [0.25, 0.3) is 0 Å². The molecule has 2 aromatic heterocycles. The number of rotatable bonds is 8. The Labute approximate surface area is 177 Å². The Morgan fingerprint density at radius 3 is 2.35 bits per heavy atom. The predicted octanol–water partition coefficient (Wildman–Crippen LogP) is 2.83. The minimum Gasteiger partial charge on any atom is -0.369 e. The molecule has 0 saturated carbocycles. The standard InChI is InChI=1S/C19H21F3N6O2S/c1-13-14(2)28(12-26-13)18-9-17(24-11-25-18)23-7-8-27-31(29,30)10-15-3-5-16(6-4-15)19(20,21)22/h3-6,9,11-12,27H,7-8,10H2,1-2H3,(H,23,24,25). The fraction of sp³-hybridized carbons (Fsp3) is 0.316. The van der Waals surface area contributed by atoms with Gasteiger partial charge >= 0.3 is 6.18 Å². The number of hydrogen-bond donors (Lipinski definition) is 2. The predicted molar refractivity (Wildman–Crippen MR) is 109 cm³/mol. The topological polar surface area (TPSA) is 102 Å². The molecule has 12 heteroatoms. The fourth-order valence-electron chi connectivity index (χ4n) is 2.76. The summed E-state index contributed by atoms with van der Waals surface area (Å²) in [5.74, 6) is 0.721. The van der Waals surface area contributed by atoms with Crippen LogP contribution in [0.15, 0.2) is 43.0 Å². The highest BCUT2D eigenvalue weighted by Crippen LogP contribution is 2.29. The number of aryl methyl sites for hydroxylation is 1. The number of halogens is 3. The summed E-state index contributed by atoms with van der Waals surface area (Å²) in [4.78, 5) is 12.5. The molecule has 0 saturated heterocycles. The molecule has 3 aromatic rings. The number of sulfonamides is 1. The van der Waals surface area contributed by atoms with E-state index in [1.807, 2.05) is 18.4 Å². The molecule has 0 aliphatic carbocycles. The minimum atomic E-state index is -4.46. The summed E-state index contributed by atoms with van der Waals surface area (Å²) < 4.78 is 66.4. The van der Waals surface area contributed by atoms with Crippen molar-refractivity contribution >= 4 is 15.8 Å². The number of hydrogen-bond acceptors (Lipinski definition) is 6. The summed E-state index contributed by atoms with van der Waals surface area (Å²) in [5, 5.41) is 3.00. The molecule has 0 aliphatic rings. The molecule has 1 aromatic carbocycles. The highest BCUT2D eigenvalue weighted by Gasteiger charge is 2.30. The van der Waals surface area contributed by atoms with Crippen LogP contribution in [0.5, 0.6) is 0 Å². The first-order valence-electron chi connectivity index (χ1n) is 9.25. The quantitative estimate of drug-likeness (QED) is 0.508. The van der Waals surface area contributed by atoms with Gasteiger partial charge in [-0.05, 0) is 31.5 Å². The average molecular weight is 454 g/mol. The van der Waals surface area contributed by atoms with Crippen LogP contribution in [0.25, 0.3) is 5.82 Å². The molecule has 166 valence electrons. The largest absolute Gasteiger partial charge is 0.416 e. The van der Waals surface area contributed by atoms with E-state index >= 15 is 0 Å². The van der Waals surface area contributed by atoms with Gasteiger partial charge in [0, 0.05) is 24.8 Å². The average Bonchev–Trinajstić information content (AvgIpc) is 3.04. The van der Waals surface area contributed by atoms with Crippen molar-refractivity contribution < 1.29 is 21.6 Å². The lowest BCUT2D eigenvalue weighted by atomic mass is 10.1. The van der Waals surface area contributed by atoms with Gasteiger partial charge in [-0.3, -0.25) is 4.57 Å². The van der Waals surface area contributed by atoms with E-state index in [2.05, 4.69) is 25.0 Å². The summed E-state index contributed by atoms with van der Waals surface area (Å²) in [7, 11) is -3.71. The lowest BCUT2D eigenvalue weighted by molar-refractivity contribution is -0.137. The smallest absolute Gasteiger partial charge is 0.369 e. The third kappa shape index (κ3) is 6.01. The van der Waals surface area contributed by atoms with Crippen LogP contribution in [0.1, 0.15) is 22.5 Å². The third-order valence-electron chi connectivity index (χ3n) is 4.54. The first-order valence-corrected chi connectivity index (χ1v) is 10.9. The molecular formula is C19H21F3N6O2S. The lowest BCUT2D eigenvalue weighted by Gasteiger charge is -2.10. The number of nitrogens with one attached hydrogen (secondary N) is 2. The van der Waals surface area contributed by atoms with Gasteiger partial charge in [0.15, 0.2) is 0 Å². The summed E-state index contributed by atoms with van der Waals surface area (Å²) in [6, 6.07) is 5.75. The second-order valence-electron chi connectivity index (χ2n) is 6.82. The number of nitrogens with zero attached hydrogens (tertiary/aromatic N) is 4. The second kappa shape index (κ2) is 9.02. The molecule has 8 nitrogen and oxygen atoms in total. The molecule has 0 bridgehead atoms. The maximum Gasteiger partial charge on any atom is 0.416 e. The number of alkyl halides is 3. The van der Waals surface area contributed by atoms with Gasteiger partial charge in [0.1, 0.15) is 24.3 Å². The van der Waals surface area contributed by atoms with Crippen LogP contribution in [-0.2, 0) is 22.0 Å². The molecule has 31 heavy (non-hydrogen) atoms. The molecule has 0 aliphatic heterocycles. The van der Waals surface area contributed by atoms with E-state index in [0.29, 0.717) is 11.6 Å². The maximum absolute atomic E-state index is 12.6. The Bertz CT molecular complexity index is 1140. The zero-order chi connectivity index (χ0) is 22.6. The van der Waals surface area contributed by atoms with Gasteiger partial charge in [-0.1, -0.05) is 12.1 Å². The Morgan fingerprint density at radius 1 is 1.03 bits per heavy atom. The van der Waals surface area contributed by atoms with Crippen LogP contribution >= 0.6 is 0 Å². The fourth-order valence-corrected chi connectivity index (χ4v) is 3.91. The first kappa shape index (κ1) is 22.7. The normalized spacial score (nSPS) is 12.2. The lowest BCUT2D eigenvalue weighted by Crippen LogP contribution is -2.30. The van der Waals surface area contributed by atoms with E-state index < -0.39 is 27.5 Å². The monoisotopic (exact) mass is 454 g/mol. The molecule has 0 unspecified atom stereocenters. The molecule has 0 radical (unpaired) electrons. The highest BCUT2D eigenvalue weighted by atomic mass is 32.2. The van der Waals surface area contributed by atoms with Crippen LogP contribution in [0.3, 0.4) is 0 Å². The van der Waals surface area contributed by atoms with Gasteiger partial charge in [0.2, 0.25) is 10.0 Å². The van der Waals surface area contributed by atoms with Crippen molar-refractivity contribution in [2.45, 2.75) is 25.8 Å². The Kier molecular flexibility index (Phi) is 6.60. The SMILES string of the molecule is Cc1ncn(-c2cc(NCCNS(=O)(=O)Cc3ccc(C(F)(F)F)cc3)ncn2)c1C. The van der Waals surface area contributed by atoms with Crippen molar-refractivity contribution in [1.82, 2.24) is 24.2 Å². The van der Waals surface area contributed by atoms with Crippen molar-refractivity contribution in [3.8, 4) is 5.82 Å². The molecule has 0 amide bonds. The number of imidazole rings is 1. The van der Waals surface area contributed by atoms with Crippen molar-refractivity contribution in [2.75, 3.05) is 18.4 Å². The van der Waals surface area contributed by atoms with E-state index in [-0.39, 0.29) is 18.7 Å². The number of aromatic nitrogens is 4. The van der Waals surface area contributed by atoms with Crippen LogP contribution in [0, 0.1) is 13.8 Å². The van der Waals surface area contributed by atoms with Gasteiger partial charge in [-0.2, -0.15) is 13.2 Å². The van der Waals surface area contributed by atoms with Gasteiger partial charge in [-0.25, -0.2) is 28.1 Å². The van der Waals surface area contributed by atoms with Gasteiger partial charge < -0.3 is 5.32 Å². The van der Waals surface area contributed by atoms with E-state index in [1.165, 1.54) is 6.33 Å². The zero-order valence-corrected chi connectivity index (χ0v) is 17.6. The Balaban J connectivity index is 1.52. The molecule has 2 N–H and O–H groups in total. The Hall–Kier alpha value is -2.99. The number of benzene rings is 1. The third-order valence-corrected chi connectivity index (χ3v) is 5.90. The molecular weight excluding hydrogens is 433 g/mol. The molecule has 0 spiro atoms. The molecule has 0 atom stereocenters. The maximum atomic E-state index is 12.6. The summed E-state index contributed by atoms with van der Waals surface area (Å²) in [6.07, 6.45) is -1.41. The van der Waals surface area contributed by atoms with Crippen LogP contribution in [-0.4, -0.2) is 41.0 Å². The van der Waals surface area contributed by atoms with E-state index in [4.69, 9.17) is 0 Å². The summed E-state index contributed by atoms with van der Waals surface area (Å²) >= 11 is 0.